The Bertz CT molecular complexity index is 194. The third-order valence-electron chi connectivity index (χ3n) is 1.89. The van der Waals surface area contributed by atoms with Crippen molar-refractivity contribution < 1.29 is 23.1 Å². The molecule has 0 spiro atoms. The lowest BCUT2D eigenvalue weighted by atomic mass is 10.5. The molecule has 0 saturated heterocycles. The van der Waals surface area contributed by atoms with Gasteiger partial charge in [0.05, 0.1) is 6.61 Å². The van der Waals surface area contributed by atoms with Gasteiger partial charge in [-0.15, -0.1) is 0 Å². The van der Waals surface area contributed by atoms with E-state index < -0.39 is 15.3 Å². The zero-order chi connectivity index (χ0) is 12.2. The molecule has 0 unspecified atom stereocenters. The monoisotopic (exact) mass is 248 g/mol. The Morgan fingerprint density at radius 3 is 2.50 bits per heavy atom. The van der Waals surface area contributed by atoms with Gasteiger partial charge in [0.25, 0.3) is 0 Å². The topological polar surface area (TPSA) is 54.0 Å². The second-order valence-corrected chi connectivity index (χ2v) is 5.41. The maximum Gasteiger partial charge on any atom is 0.330 e. The van der Waals surface area contributed by atoms with Gasteiger partial charge >= 0.3 is 15.3 Å². The molecule has 6 heteroatoms. The average Bonchev–Trinajstić information content (AvgIpc) is 2.32. The first-order valence-electron chi connectivity index (χ1n) is 5.17. The van der Waals surface area contributed by atoms with Gasteiger partial charge in [-0.2, -0.15) is 0 Å². The van der Waals surface area contributed by atoms with E-state index in [4.69, 9.17) is 18.3 Å². The second-order valence-electron chi connectivity index (χ2n) is 3.03. The molecule has 0 rings (SSSR count). The summed E-state index contributed by atoms with van der Waals surface area (Å²) in [6.07, 6.45) is 2.03. The molecule has 0 aromatic carbocycles. The zero-order valence-corrected chi connectivity index (χ0v) is 11.1. The Kier molecular flexibility index (Phi) is 10.3. The Morgan fingerprint density at radius 2 is 1.94 bits per heavy atom. The predicted molar refractivity (Wildman–Crippen MR) is 62.6 cm³/mol. The van der Waals surface area contributed by atoms with E-state index in [2.05, 4.69) is 6.58 Å². The molecule has 0 N–H and O–H groups in total. The smallest absolute Gasteiger partial charge is 0.330 e. The first-order valence-corrected chi connectivity index (χ1v) is 6.93. The Hall–Kier alpha value is -0.693. The van der Waals surface area contributed by atoms with Crippen LogP contribution >= 0.6 is 0 Å². The first-order chi connectivity index (χ1) is 7.74. The molecular formula is C10H20O5Si. The van der Waals surface area contributed by atoms with Crippen LogP contribution in [0, 0.1) is 0 Å². The lowest BCUT2D eigenvalue weighted by Crippen LogP contribution is -2.19. The van der Waals surface area contributed by atoms with Gasteiger partial charge in [-0.3, -0.25) is 0 Å². The molecule has 94 valence electrons. The van der Waals surface area contributed by atoms with Crippen molar-refractivity contribution in [3.05, 3.63) is 12.7 Å². The number of hydrogen-bond acceptors (Lipinski definition) is 5. The van der Waals surface area contributed by atoms with Crippen LogP contribution in [0.4, 0.5) is 0 Å². The van der Waals surface area contributed by atoms with Crippen molar-refractivity contribution in [1.29, 1.82) is 0 Å². The van der Waals surface area contributed by atoms with Gasteiger partial charge in [-0.1, -0.05) is 6.58 Å². The highest BCUT2D eigenvalue weighted by molar-refractivity contribution is 6.44. The molecule has 5 nitrogen and oxygen atoms in total. The number of carbonyl (C=O) groups is 1. The third-order valence-corrected chi connectivity index (χ3v) is 3.82. The molecule has 0 fully saturated rings. The highest BCUT2D eigenvalue weighted by Gasteiger charge is 2.07. The van der Waals surface area contributed by atoms with E-state index in [9.17, 15) is 4.79 Å². The first kappa shape index (κ1) is 15.3. The minimum Gasteiger partial charge on any atom is -0.460 e. The fourth-order valence-corrected chi connectivity index (χ4v) is 2.21. The summed E-state index contributed by atoms with van der Waals surface area (Å²) < 4.78 is 20.3. The third kappa shape index (κ3) is 8.60. The van der Waals surface area contributed by atoms with Crippen molar-refractivity contribution in [2.45, 2.75) is 12.5 Å². The normalized spacial score (nSPS) is 10.4. The van der Waals surface area contributed by atoms with E-state index >= 15 is 0 Å². The van der Waals surface area contributed by atoms with Gasteiger partial charge in [0.1, 0.15) is 6.61 Å². The Morgan fingerprint density at radius 1 is 1.25 bits per heavy atom. The zero-order valence-electron chi connectivity index (χ0n) is 9.94. The summed E-state index contributed by atoms with van der Waals surface area (Å²) in [6, 6.07) is 0.916. The number of carbonyl (C=O) groups excluding carboxylic acids is 1. The highest BCUT2D eigenvalue weighted by atomic mass is 28.3. The van der Waals surface area contributed by atoms with E-state index in [0.29, 0.717) is 13.2 Å². The summed E-state index contributed by atoms with van der Waals surface area (Å²) in [5, 5.41) is 0. The summed E-state index contributed by atoms with van der Waals surface area (Å²) in [7, 11) is 1.87. The summed E-state index contributed by atoms with van der Waals surface area (Å²) in [6.45, 7) is 4.59. The summed E-state index contributed by atoms with van der Waals surface area (Å²) in [5.41, 5.74) is 0. The van der Waals surface area contributed by atoms with Crippen LogP contribution in [0.3, 0.4) is 0 Å². The lowest BCUT2D eigenvalue weighted by molar-refractivity contribution is -0.139. The van der Waals surface area contributed by atoms with Crippen LogP contribution in [0.15, 0.2) is 12.7 Å². The summed E-state index contributed by atoms with van der Waals surface area (Å²) >= 11 is 0. The minimum absolute atomic E-state index is 0.264. The van der Waals surface area contributed by atoms with Gasteiger partial charge in [-0.05, 0) is 12.5 Å². The maximum absolute atomic E-state index is 10.6. The van der Waals surface area contributed by atoms with Crippen LogP contribution < -0.4 is 0 Å². The fraction of sp³-hybridized carbons (Fsp3) is 0.700. The standard InChI is InChI=1S/C10H20O5Si/c1-4-10(11)15-8-7-14-6-5-9-16(12-2)13-3/h4,16H,1,5-9H2,2-3H3. The fourth-order valence-electron chi connectivity index (χ4n) is 1.05. The maximum atomic E-state index is 10.6. The molecule has 16 heavy (non-hydrogen) atoms. The highest BCUT2D eigenvalue weighted by Crippen LogP contribution is 1.99. The average molecular weight is 248 g/mol. The van der Waals surface area contributed by atoms with Gasteiger partial charge in [0.15, 0.2) is 0 Å². The van der Waals surface area contributed by atoms with E-state index in [1.807, 2.05) is 0 Å². The molecule has 0 aromatic heterocycles. The predicted octanol–water partition coefficient (Wildman–Crippen LogP) is 0.636. The van der Waals surface area contributed by atoms with Crippen molar-refractivity contribution in [3.8, 4) is 0 Å². The Labute approximate surface area is 98.2 Å². The Balaban J connectivity index is 3.21. The van der Waals surface area contributed by atoms with E-state index in [1.54, 1.807) is 14.2 Å². The molecule has 0 aliphatic rings. The van der Waals surface area contributed by atoms with Gasteiger partial charge in [0.2, 0.25) is 0 Å². The van der Waals surface area contributed by atoms with Crippen LogP contribution in [0.5, 0.6) is 0 Å². The number of esters is 1. The van der Waals surface area contributed by atoms with Crippen molar-refractivity contribution in [3.63, 3.8) is 0 Å². The quantitative estimate of drug-likeness (QED) is 0.246. The summed E-state index contributed by atoms with van der Waals surface area (Å²) in [5.74, 6) is -0.421. The number of ether oxygens (including phenoxy) is 2. The van der Waals surface area contributed by atoms with Gasteiger partial charge < -0.3 is 18.3 Å². The van der Waals surface area contributed by atoms with Gasteiger partial charge in [0, 0.05) is 26.9 Å². The number of hydrogen-bond donors (Lipinski definition) is 0. The van der Waals surface area contributed by atoms with E-state index in [0.717, 1.165) is 18.5 Å². The van der Waals surface area contributed by atoms with Crippen LogP contribution in [-0.4, -0.2) is 49.3 Å². The molecule has 0 bridgehead atoms. The second kappa shape index (κ2) is 10.8. The van der Waals surface area contributed by atoms with Crippen molar-refractivity contribution >= 4 is 15.3 Å². The summed E-state index contributed by atoms with van der Waals surface area (Å²) in [4.78, 5) is 10.6. The molecule has 0 heterocycles. The van der Waals surface area contributed by atoms with Gasteiger partial charge in [-0.25, -0.2) is 4.79 Å². The largest absolute Gasteiger partial charge is 0.460 e. The molecule has 0 amide bonds. The lowest BCUT2D eigenvalue weighted by Gasteiger charge is -2.10. The van der Waals surface area contributed by atoms with Crippen molar-refractivity contribution in [1.82, 2.24) is 0 Å². The molecule has 0 saturated carbocycles. The van der Waals surface area contributed by atoms with Crippen molar-refractivity contribution in [2.75, 3.05) is 34.0 Å². The molecule has 0 atom stereocenters. The van der Waals surface area contributed by atoms with Crippen LogP contribution in [-0.2, 0) is 23.1 Å². The molecule has 0 aromatic rings. The minimum atomic E-state index is -1.45. The molecule has 0 aliphatic carbocycles. The molecular weight excluding hydrogens is 228 g/mol. The van der Waals surface area contributed by atoms with Crippen molar-refractivity contribution in [2.24, 2.45) is 0 Å². The van der Waals surface area contributed by atoms with E-state index in [-0.39, 0.29) is 6.61 Å². The SMILES string of the molecule is C=CC(=O)OCCOCCC[SiH](OC)OC. The molecule has 0 aliphatic heterocycles. The van der Waals surface area contributed by atoms with Crippen LogP contribution in [0.25, 0.3) is 0 Å². The molecule has 0 radical (unpaired) electrons. The number of rotatable bonds is 10. The van der Waals surface area contributed by atoms with Crippen LogP contribution in [0.1, 0.15) is 6.42 Å². The van der Waals surface area contributed by atoms with E-state index in [1.165, 1.54) is 0 Å². The van der Waals surface area contributed by atoms with Crippen LogP contribution in [0.2, 0.25) is 6.04 Å².